The van der Waals surface area contributed by atoms with Gasteiger partial charge in [-0.15, -0.1) is 0 Å². The van der Waals surface area contributed by atoms with Crippen molar-refractivity contribution in [2.24, 2.45) is 0 Å². The van der Waals surface area contributed by atoms with E-state index in [0.717, 1.165) is 18.7 Å². The fourth-order valence-electron chi connectivity index (χ4n) is 2.45. The average Bonchev–Trinajstić information content (AvgIpc) is 2.48. The summed E-state index contributed by atoms with van der Waals surface area (Å²) in [5, 5.41) is 3.57. The summed E-state index contributed by atoms with van der Waals surface area (Å²) in [6, 6.07) is 19.4. The van der Waals surface area contributed by atoms with Crippen LogP contribution in [0.3, 0.4) is 0 Å². The number of hydrogen-bond donors (Lipinski definition) is 1. The maximum atomic E-state index is 5.71. The molecule has 2 heteroatoms. The van der Waals surface area contributed by atoms with Gasteiger partial charge in [-0.3, -0.25) is 0 Å². The first-order valence-electron chi connectivity index (χ1n) is 7.73. The Morgan fingerprint density at radius 2 is 1.62 bits per heavy atom. The minimum atomic E-state index is 0.213. The largest absolute Gasteiger partial charge is 0.491 e. The highest BCUT2D eigenvalue weighted by Crippen LogP contribution is 2.22. The van der Waals surface area contributed by atoms with E-state index in [1.807, 2.05) is 13.8 Å². The third-order valence-corrected chi connectivity index (χ3v) is 3.39. The van der Waals surface area contributed by atoms with Crippen molar-refractivity contribution >= 4 is 0 Å². The SMILES string of the molecule is CCNC(Cc1ccccc1)c1ccc(OC(C)C)cc1. The number of benzene rings is 2. The molecule has 0 aliphatic carbocycles. The lowest BCUT2D eigenvalue weighted by molar-refractivity contribution is 0.242. The van der Waals surface area contributed by atoms with Crippen LogP contribution in [-0.2, 0) is 6.42 Å². The minimum absolute atomic E-state index is 0.213. The van der Waals surface area contributed by atoms with Gasteiger partial charge in [-0.2, -0.15) is 0 Å². The van der Waals surface area contributed by atoms with Gasteiger partial charge >= 0.3 is 0 Å². The molecule has 1 N–H and O–H groups in total. The zero-order valence-electron chi connectivity index (χ0n) is 13.2. The van der Waals surface area contributed by atoms with E-state index < -0.39 is 0 Å². The Morgan fingerprint density at radius 3 is 2.19 bits per heavy atom. The molecule has 2 rings (SSSR count). The molecule has 1 unspecified atom stereocenters. The summed E-state index contributed by atoms with van der Waals surface area (Å²) in [4.78, 5) is 0. The van der Waals surface area contributed by atoms with Crippen molar-refractivity contribution < 1.29 is 4.74 Å². The Balaban J connectivity index is 2.10. The van der Waals surface area contributed by atoms with Gasteiger partial charge in [0.25, 0.3) is 0 Å². The molecule has 0 heterocycles. The fraction of sp³-hybridized carbons (Fsp3) is 0.368. The number of nitrogens with one attached hydrogen (secondary N) is 1. The smallest absolute Gasteiger partial charge is 0.119 e. The van der Waals surface area contributed by atoms with E-state index in [1.165, 1.54) is 11.1 Å². The van der Waals surface area contributed by atoms with Gasteiger partial charge < -0.3 is 10.1 Å². The number of hydrogen-bond acceptors (Lipinski definition) is 2. The van der Waals surface area contributed by atoms with E-state index in [9.17, 15) is 0 Å². The Labute approximate surface area is 128 Å². The van der Waals surface area contributed by atoms with Crippen molar-refractivity contribution in [2.45, 2.75) is 39.3 Å². The van der Waals surface area contributed by atoms with E-state index in [0.29, 0.717) is 6.04 Å². The lowest BCUT2D eigenvalue weighted by Crippen LogP contribution is -2.22. The summed E-state index contributed by atoms with van der Waals surface area (Å²) < 4.78 is 5.71. The molecular weight excluding hydrogens is 258 g/mol. The first-order chi connectivity index (χ1) is 10.2. The molecule has 21 heavy (non-hydrogen) atoms. The second-order valence-electron chi connectivity index (χ2n) is 5.54. The van der Waals surface area contributed by atoms with Crippen LogP contribution in [0, 0.1) is 0 Å². The lowest BCUT2D eigenvalue weighted by atomic mass is 9.99. The summed E-state index contributed by atoms with van der Waals surface area (Å²) in [5.74, 6) is 0.934. The van der Waals surface area contributed by atoms with Gasteiger partial charge in [0.05, 0.1) is 6.10 Å². The van der Waals surface area contributed by atoms with Crippen LogP contribution in [0.5, 0.6) is 5.75 Å². The molecule has 1 atom stereocenters. The number of rotatable bonds is 7. The van der Waals surface area contributed by atoms with Crippen molar-refractivity contribution in [1.82, 2.24) is 5.32 Å². The van der Waals surface area contributed by atoms with Gasteiger partial charge in [0.1, 0.15) is 5.75 Å². The first-order valence-corrected chi connectivity index (χ1v) is 7.73. The molecule has 0 saturated carbocycles. The Kier molecular flexibility index (Phi) is 5.82. The molecule has 0 radical (unpaired) electrons. The van der Waals surface area contributed by atoms with Crippen molar-refractivity contribution in [3.8, 4) is 5.75 Å². The number of likely N-dealkylation sites (N-methyl/N-ethyl adjacent to an activating group) is 1. The van der Waals surface area contributed by atoms with Gasteiger partial charge in [-0.25, -0.2) is 0 Å². The maximum Gasteiger partial charge on any atom is 0.119 e. The van der Waals surface area contributed by atoms with Crippen molar-refractivity contribution in [1.29, 1.82) is 0 Å². The molecule has 0 amide bonds. The summed E-state index contributed by atoms with van der Waals surface area (Å²) in [6.07, 6.45) is 1.21. The molecule has 0 fully saturated rings. The molecule has 0 spiro atoms. The van der Waals surface area contributed by atoms with Crippen LogP contribution in [0.1, 0.15) is 37.9 Å². The third kappa shape index (κ3) is 4.91. The summed E-state index contributed by atoms with van der Waals surface area (Å²) >= 11 is 0. The van der Waals surface area contributed by atoms with E-state index in [2.05, 4.69) is 66.8 Å². The molecule has 0 saturated heterocycles. The monoisotopic (exact) mass is 283 g/mol. The number of ether oxygens (including phenoxy) is 1. The lowest BCUT2D eigenvalue weighted by Gasteiger charge is -2.19. The quantitative estimate of drug-likeness (QED) is 0.815. The predicted molar refractivity (Wildman–Crippen MR) is 88.8 cm³/mol. The normalized spacial score (nSPS) is 12.4. The average molecular weight is 283 g/mol. The van der Waals surface area contributed by atoms with E-state index in [1.54, 1.807) is 0 Å². The molecule has 2 aromatic carbocycles. The fourth-order valence-corrected chi connectivity index (χ4v) is 2.45. The second kappa shape index (κ2) is 7.84. The molecule has 2 aromatic rings. The van der Waals surface area contributed by atoms with Crippen LogP contribution in [0.2, 0.25) is 0 Å². The highest BCUT2D eigenvalue weighted by Gasteiger charge is 2.11. The topological polar surface area (TPSA) is 21.3 Å². The summed E-state index contributed by atoms with van der Waals surface area (Å²) in [5.41, 5.74) is 2.66. The van der Waals surface area contributed by atoms with Crippen LogP contribution < -0.4 is 10.1 Å². The van der Waals surface area contributed by atoms with Gasteiger partial charge in [-0.1, -0.05) is 49.4 Å². The molecule has 0 bridgehead atoms. The standard InChI is InChI=1S/C19H25NO/c1-4-20-19(14-16-8-6-5-7-9-16)17-10-12-18(13-11-17)21-15(2)3/h5-13,15,19-20H,4,14H2,1-3H3. The molecule has 0 aliphatic rings. The second-order valence-corrected chi connectivity index (χ2v) is 5.54. The van der Waals surface area contributed by atoms with Gasteiger partial charge in [0.2, 0.25) is 0 Å². The molecule has 112 valence electrons. The van der Waals surface area contributed by atoms with Crippen LogP contribution in [-0.4, -0.2) is 12.6 Å². The van der Waals surface area contributed by atoms with Crippen molar-refractivity contribution in [2.75, 3.05) is 6.54 Å². The Morgan fingerprint density at radius 1 is 0.952 bits per heavy atom. The van der Waals surface area contributed by atoms with Crippen LogP contribution in [0.15, 0.2) is 54.6 Å². The summed E-state index contributed by atoms with van der Waals surface area (Å²) in [6.45, 7) is 7.20. The van der Waals surface area contributed by atoms with Crippen molar-refractivity contribution in [3.63, 3.8) is 0 Å². The minimum Gasteiger partial charge on any atom is -0.491 e. The molecule has 0 aliphatic heterocycles. The van der Waals surface area contributed by atoms with Crippen LogP contribution in [0.4, 0.5) is 0 Å². The molecule has 0 aromatic heterocycles. The van der Waals surface area contributed by atoms with E-state index in [4.69, 9.17) is 4.74 Å². The zero-order chi connectivity index (χ0) is 15.1. The van der Waals surface area contributed by atoms with Crippen molar-refractivity contribution in [3.05, 3.63) is 65.7 Å². The predicted octanol–water partition coefficient (Wildman–Crippen LogP) is 4.37. The van der Waals surface area contributed by atoms with Gasteiger partial charge in [0.15, 0.2) is 0 Å². The van der Waals surface area contributed by atoms with E-state index in [-0.39, 0.29) is 6.10 Å². The summed E-state index contributed by atoms with van der Waals surface area (Å²) in [7, 11) is 0. The highest BCUT2D eigenvalue weighted by atomic mass is 16.5. The zero-order valence-corrected chi connectivity index (χ0v) is 13.2. The van der Waals surface area contributed by atoms with Crippen LogP contribution >= 0.6 is 0 Å². The van der Waals surface area contributed by atoms with E-state index >= 15 is 0 Å². The Hall–Kier alpha value is -1.80. The first kappa shape index (κ1) is 15.6. The molecular formula is C19H25NO. The maximum absolute atomic E-state index is 5.71. The third-order valence-electron chi connectivity index (χ3n) is 3.39. The molecule has 2 nitrogen and oxygen atoms in total. The highest BCUT2D eigenvalue weighted by molar-refractivity contribution is 5.30. The Bertz CT molecular complexity index is 519. The van der Waals surface area contributed by atoms with Crippen LogP contribution in [0.25, 0.3) is 0 Å². The van der Waals surface area contributed by atoms with Gasteiger partial charge in [-0.05, 0) is 50.1 Å². The van der Waals surface area contributed by atoms with Gasteiger partial charge in [0, 0.05) is 6.04 Å².